The van der Waals surface area contributed by atoms with Gasteiger partial charge in [0.05, 0.1) is 17.3 Å². The Hall–Kier alpha value is -3.35. The molecule has 0 spiro atoms. The standard InChI is InChI=1S/C20H20N6O/c21-20-24-12-16(13-25-20)17-7-6-14(11-23-17)18-5-1-2-9-26(18)19(27)15-4-3-8-22-10-15/h3-4,6-8,10-13,18H,1-2,5,9H2,(H2,21,24,25). The minimum Gasteiger partial charge on any atom is -0.368 e. The second-order valence-corrected chi connectivity index (χ2v) is 6.56. The number of carbonyl (C=O) groups excluding carboxylic acids is 1. The lowest BCUT2D eigenvalue weighted by molar-refractivity contribution is 0.0611. The molecule has 0 saturated carbocycles. The first-order valence-electron chi connectivity index (χ1n) is 8.97. The molecule has 4 rings (SSSR count). The molecule has 1 unspecified atom stereocenters. The number of anilines is 1. The summed E-state index contributed by atoms with van der Waals surface area (Å²) in [5, 5.41) is 0. The van der Waals surface area contributed by atoms with Crippen molar-refractivity contribution in [1.82, 2.24) is 24.8 Å². The Morgan fingerprint density at radius 3 is 2.59 bits per heavy atom. The second kappa shape index (κ2) is 7.49. The Kier molecular flexibility index (Phi) is 4.74. The highest BCUT2D eigenvalue weighted by atomic mass is 16.2. The molecule has 4 heterocycles. The minimum absolute atomic E-state index is 0.0174. The number of nitrogens with two attached hydrogens (primary N) is 1. The fraction of sp³-hybridized carbons (Fsp3) is 0.250. The summed E-state index contributed by atoms with van der Waals surface area (Å²) < 4.78 is 0. The normalized spacial score (nSPS) is 16.9. The molecule has 27 heavy (non-hydrogen) atoms. The molecule has 0 aliphatic carbocycles. The van der Waals surface area contributed by atoms with E-state index in [2.05, 4.69) is 19.9 Å². The first-order chi connectivity index (χ1) is 13.2. The van der Waals surface area contributed by atoms with Gasteiger partial charge in [-0.25, -0.2) is 9.97 Å². The zero-order valence-corrected chi connectivity index (χ0v) is 14.8. The van der Waals surface area contributed by atoms with Crippen molar-refractivity contribution in [3.05, 3.63) is 66.4 Å². The number of carbonyl (C=O) groups is 1. The SMILES string of the molecule is Nc1ncc(-c2ccc(C3CCCCN3C(=O)c3cccnc3)cn2)cn1. The smallest absolute Gasteiger partial charge is 0.255 e. The Labute approximate surface area is 157 Å². The predicted octanol–water partition coefficient (Wildman–Crippen LogP) is 2.88. The third kappa shape index (κ3) is 3.62. The third-order valence-electron chi connectivity index (χ3n) is 4.81. The Bertz CT molecular complexity index is 911. The van der Waals surface area contributed by atoms with Crippen molar-refractivity contribution >= 4 is 11.9 Å². The Morgan fingerprint density at radius 1 is 1.04 bits per heavy atom. The van der Waals surface area contributed by atoms with Crippen LogP contribution < -0.4 is 5.73 Å². The number of piperidine rings is 1. The molecule has 0 aromatic carbocycles. The van der Waals surface area contributed by atoms with Gasteiger partial charge in [0.25, 0.3) is 5.91 Å². The summed E-state index contributed by atoms with van der Waals surface area (Å²) in [5.41, 5.74) is 8.77. The predicted molar refractivity (Wildman–Crippen MR) is 102 cm³/mol. The number of likely N-dealkylation sites (tertiary alicyclic amines) is 1. The van der Waals surface area contributed by atoms with Gasteiger partial charge in [0.15, 0.2) is 0 Å². The molecule has 7 nitrogen and oxygen atoms in total. The summed E-state index contributed by atoms with van der Waals surface area (Å²) in [6.45, 7) is 0.742. The van der Waals surface area contributed by atoms with Crippen molar-refractivity contribution < 1.29 is 4.79 Å². The number of pyridine rings is 2. The van der Waals surface area contributed by atoms with Crippen LogP contribution >= 0.6 is 0 Å². The van der Waals surface area contributed by atoms with E-state index in [9.17, 15) is 4.79 Å². The van der Waals surface area contributed by atoms with E-state index in [4.69, 9.17) is 5.73 Å². The summed E-state index contributed by atoms with van der Waals surface area (Å²) in [6.07, 6.45) is 11.5. The van der Waals surface area contributed by atoms with Gasteiger partial charge in [-0.1, -0.05) is 6.07 Å². The van der Waals surface area contributed by atoms with Crippen molar-refractivity contribution in [2.24, 2.45) is 0 Å². The molecular formula is C20H20N6O. The van der Waals surface area contributed by atoms with Crippen LogP contribution in [0.1, 0.15) is 41.2 Å². The van der Waals surface area contributed by atoms with Crippen LogP contribution in [-0.4, -0.2) is 37.3 Å². The maximum atomic E-state index is 12.9. The summed E-state index contributed by atoms with van der Waals surface area (Å²) in [7, 11) is 0. The van der Waals surface area contributed by atoms with Crippen LogP contribution in [0, 0.1) is 0 Å². The van der Waals surface area contributed by atoms with Crippen LogP contribution in [-0.2, 0) is 0 Å². The largest absolute Gasteiger partial charge is 0.368 e. The Balaban J connectivity index is 1.58. The summed E-state index contributed by atoms with van der Waals surface area (Å²) in [4.78, 5) is 31.5. The van der Waals surface area contributed by atoms with Crippen molar-refractivity contribution in [1.29, 1.82) is 0 Å². The van der Waals surface area contributed by atoms with E-state index in [1.807, 2.05) is 29.3 Å². The van der Waals surface area contributed by atoms with Crippen LogP contribution in [0.2, 0.25) is 0 Å². The molecular weight excluding hydrogens is 340 g/mol. The maximum absolute atomic E-state index is 12.9. The fourth-order valence-corrected chi connectivity index (χ4v) is 3.42. The van der Waals surface area contributed by atoms with E-state index in [0.29, 0.717) is 5.56 Å². The lowest BCUT2D eigenvalue weighted by Crippen LogP contribution is -2.38. The molecule has 7 heteroatoms. The molecule has 1 atom stereocenters. The minimum atomic E-state index is 0.0174. The lowest BCUT2D eigenvalue weighted by atomic mass is 9.95. The molecule has 2 N–H and O–H groups in total. The fourth-order valence-electron chi connectivity index (χ4n) is 3.42. The van der Waals surface area contributed by atoms with E-state index in [1.165, 1.54) is 0 Å². The van der Waals surface area contributed by atoms with Crippen molar-refractivity contribution in [3.8, 4) is 11.3 Å². The number of nitrogens with zero attached hydrogens (tertiary/aromatic N) is 5. The first-order valence-corrected chi connectivity index (χ1v) is 8.97. The molecule has 1 amide bonds. The van der Waals surface area contributed by atoms with Crippen LogP contribution in [0.5, 0.6) is 0 Å². The number of rotatable bonds is 3. The van der Waals surface area contributed by atoms with Gasteiger partial charge < -0.3 is 10.6 Å². The molecule has 1 fully saturated rings. The third-order valence-corrected chi connectivity index (χ3v) is 4.81. The molecule has 3 aromatic rings. The number of hydrogen-bond acceptors (Lipinski definition) is 6. The number of amides is 1. The second-order valence-electron chi connectivity index (χ2n) is 6.56. The van der Waals surface area contributed by atoms with Crippen LogP contribution in [0.15, 0.2) is 55.2 Å². The van der Waals surface area contributed by atoms with E-state index in [1.54, 1.807) is 30.9 Å². The van der Waals surface area contributed by atoms with Crippen molar-refractivity contribution in [2.45, 2.75) is 25.3 Å². The number of hydrogen-bond donors (Lipinski definition) is 1. The topological polar surface area (TPSA) is 97.9 Å². The monoisotopic (exact) mass is 360 g/mol. The zero-order valence-electron chi connectivity index (χ0n) is 14.8. The average Bonchev–Trinajstić information content (AvgIpc) is 2.74. The summed E-state index contributed by atoms with van der Waals surface area (Å²) >= 11 is 0. The van der Waals surface area contributed by atoms with Gasteiger partial charge in [-0.15, -0.1) is 0 Å². The molecule has 1 aliphatic heterocycles. The van der Waals surface area contributed by atoms with E-state index in [0.717, 1.165) is 42.6 Å². The van der Waals surface area contributed by atoms with Crippen LogP contribution in [0.4, 0.5) is 5.95 Å². The lowest BCUT2D eigenvalue weighted by Gasteiger charge is -2.36. The van der Waals surface area contributed by atoms with Gasteiger partial charge in [0, 0.05) is 43.1 Å². The average molecular weight is 360 g/mol. The summed E-state index contributed by atoms with van der Waals surface area (Å²) in [6, 6.07) is 7.58. The van der Waals surface area contributed by atoms with Gasteiger partial charge in [-0.2, -0.15) is 0 Å². The highest BCUT2D eigenvalue weighted by Gasteiger charge is 2.29. The van der Waals surface area contributed by atoms with E-state index >= 15 is 0 Å². The zero-order chi connectivity index (χ0) is 18.6. The number of aromatic nitrogens is 4. The van der Waals surface area contributed by atoms with Gasteiger partial charge in [0.2, 0.25) is 5.95 Å². The molecule has 136 valence electrons. The maximum Gasteiger partial charge on any atom is 0.255 e. The van der Waals surface area contributed by atoms with Crippen molar-refractivity contribution in [2.75, 3.05) is 12.3 Å². The van der Waals surface area contributed by atoms with Crippen LogP contribution in [0.3, 0.4) is 0 Å². The first kappa shape index (κ1) is 17.1. The van der Waals surface area contributed by atoms with Gasteiger partial charge in [0.1, 0.15) is 0 Å². The van der Waals surface area contributed by atoms with E-state index in [-0.39, 0.29) is 17.9 Å². The number of nitrogen functional groups attached to an aromatic ring is 1. The quantitative estimate of drug-likeness (QED) is 0.771. The summed E-state index contributed by atoms with van der Waals surface area (Å²) in [5.74, 6) is 0.256. The van der Waals surface area contributed by atoms with E-state index < -0.39 is 0 Å². The van der Waals surface area contributed by atoms with Crippen LogP contribution in [0.25, 0.3) is 11.3 Å². The highest BCUT2D eigenvalue weighted by Crippen LogP contribution is 2.32. The molecule has 1 aliphatic rings. The highest BCUT2D eigenvalue weighted by molar-refractivity contribution is 5.94. The van der Waals surface area contributed by atoms with Gasteiger partial charge in [-0.05, 0) is 43.0 Å². The van der Waals surface area contributed by atoms with Gasteiger partial charge in [-0.3, -0.25) is 14.8 Å². The Morgan fingerprint density at radius 2 is 1.89 bits per heavy atom. The van der Waals surface area contributed by atoms with Gasteiger partial charge >= 0.3 is 0 Å². The molecule has 0 radical (unpaired) electrons. The molecule has 3 aromatic heterocycles. The molecule has 1 saturated heterocycles. The molecule has 0 bridgehead atoms. The van der Waals surface area contributed by atoms with Crippen molar-refractivity contribution in [3.63, 3.8) is 0 Å².